The number of benzene rings is 1. The van der Waals surface area contributed by atoms with Gasteiger partial charge in [0.2, 0.25) is 9.05 Å². The summed E-state index contributed by atoms with van der Waals surface area (Å²) in [5.74, 6) is 0.211. The molecule has 1 aromatic carbocycles. The SMILES string of the molecule is Cc1ccccc1-c1cc(CS(=O)(=O)Cl)no1. The van der Waals surface area contributed by atoms with Crippen molar-refractivity contribution in [2.75, 3.05) is 0 Å². The fraction of sp³-hybridized carbons (Fsp3) is 0.182. The molecule has 0 amide bonds. The Balaban J connectivity index is 2.34. The zero-order valence-corrected chi connectivity index (χ0v) is 10.6. The van der Waals surface area contributed by atoms with Crippen molar-refractivity contribution >= 4 is 19.7 Å². The van der Waals surface area contributed by atoms with Gasteiger partial charge in [0.15, 0.2) is 5.76 Å². The third kappa shape index (κ3) is 3.08. The number of rotatable bonds is 3. The van der Waals surface area contributed by atoms with Crippen molar-refractivity contribution in [3.63, 3.8) is 0 Å². The first-order chi connectivity index (χ1) is 7.96. The molecule has 0 unspecified atom stereocenters. The predicted molar refractivity (Wildman–Crippen MR) is 65.2 cm³/mol. The molecule has 4 nitrogen and oxygen atoms in total. The summed E-state index contributed by atoms with van der Waals surface area (Å²) in [6, 6.07) is 9.20. The second kappa shape index (κ2) is 4.50. The lowest BCUT2D eigenvalue weighted by Gasteiger charge is -1.98. The highest BCUT2D eigenvalue weighted by Crippen LogP contribution is 2.24. The summed E-state index contributed by atoms with van der Waals surface area (Å²) in [7, 11) is 1.54. The van der Waals surface area contributed by atoms with E-state index in [1.54, 1.807) is 6.07 Å². The topological polar surface area (TPSA) is 60.2 Å². The van der Waals surface area contributed by atoms with Crippen LogP contribution in [-0.4, -0.2) is 13.6 Å². The first-order valence-corrected chi connectivity index (χ1v) is 7.37. The van der Waals surface area contributed by atoms with Crippen LogP contribution in [0.5, 0.6) is 0 Å². The van der Waals surface area contributed by atoms with Crippen molar-refractivity contribution in [1.82, 2.24) is 5.16 Å². The normalized spacial score (nSPS) is 11.6. The van der Waals surface area contributed by atoms with Crippen LogP contribution in [-0.2, 0) is 14.8 Å². The minimum absolute atomic E-state index is 0.304. The van der Waals surface area contributed by atoms with Crippen LogP contribution in [0.15, 0.2) is 34.9 Å². The van der Waals surface area contributed by atoms with E-state index in [0.29, 0.717) is 11.5 Å². The molecular weight excluding hydrogens is 262 g/mol. The Hall–Kier alpha value is -1.33. The first-order valence-electron chi connectivity index (χ1n) is 4.89. The first kappa shape index (κ1) is 12.1. The number of aromatic nitrogens is 1. The van der Waals surface area contributed by atoms with Crippen LogP contribution in [0.4, 0.5) is 0 Å². The standard InChI is InChI=1S/C11H10ClNO3S/c1-8-4-2-3-5-10(8)11-6-9(13-16-11)7-17(12,14)15/h2-6H,7H2,1H3. The Kier molecular flexibility index (Phi) is 3.22. The monoisotopic (exact) mass is 271 g/mol. The van der Waals surface area contributed by atoms with Gasteiger partial charge in [0.25, 0.3) is 0 Å². The van der Waals surface area contributed by atoms with Gasteiger partial charge in [-0.05, 0) is 12.5 Å². The Morgan fingerprint density at radius 2 is 2.06 bits per heavy atom. The molecule has 90 valence electrons. The molecule has 1 aromatic heterocycles. The van der Waals surface area contributed by atoms with E-state index in [4.69, 9.17) is 15.2 Å². The molecule has 17 heavy (non-hydrogen) atoms. The minimum Gasteiger partial charge on any atom is -0.356 e. The van der Waals surface area contributed by atoms with Crippen molar-refractivity contribution in [1.29, 1.82) is 0 Å². The number of hydrogen-bond donors (Lipinski definition) is 0. The van der Waals surface area contributed by atoms with Gasteiger partial charge in [-0.15, -0.1) is 0 Å². The second-order valence-electron chi connectivity index (χ2n) is 3.68. The van der Waals surface area contributed by atoms with Crippen molar-refractivity contribution < 1.29 is 12.9 Å². The van der Waals surface area contributed by atoms with Crippen LogP contribution >= 0.6 is 10.7 Å². The Labute approximate surface area is 104 Å². The minimum atomic E-state index is -3.61. The molecule has 1 heterocycles. The Bertz CT molecular complexity index is 634. The molecule has 6 heteroatoms. The molecule has 0 N–H and O–H groups in total. The van der Waals surface area contributed by atoms with Gasteiger partial charge in [-0.3, -0.25) is 0 Å². The molecule has 0 aliphatic heterocycles. The molecule has 2 rings (SSSR count). The van der Waals surface area contributed by atoms with Crippen LogP contribution in [0, 0.1) is 6.92 Å². The second-order valence-corrected chi connectivity index (χ2v) is 6.46. The Morgan fingerprint density at radius 3 is 2.71 bits per heavy atom. The number of halogens is 1. The van der Waals surface area contributed by atoms with E-state index in [9.17, 15) is 8.42 Å². The van der Waals surface area contributed by atoms with E-state index < -0.39 is 9.05 Å². The van der Waals surface area contributed by atoms with Gasteiger partial charge in [-0.1, -0.05) is 29.4 Å². The summed E-state index contributed by atoms with van der Waals surface area (Å²) in [5.41, 5.74) is 2.22. The van der Waals surface area contributed by atoms with E-state index in [1.165, 1.54) is 0 Å². The van der Waals surface area contributed by atoms with E-state index in [2.05, 4.69) is 5.16 Å². The van der Waals surface area contributed by atoms with Gasteiger partial charge in [0, 0.05) is 22.3 Å². The molecule has 0 bridgehead atoms. The van der Waals surface area contributed by atoms with Crippen molar-refractivity contribution in [2.45, 2.75) is 12.7 Å². The van der Waals surface area contributed by atoms with E-state index in [-0.39, 0.29) is 5.75 Å². The molecule has 0 aliphatic rings. The average Bonchev–Trinajstić information content (AvgIpc) is 2.64. The average molecular weight is 272 g/mol. The van der Waals surface area contributed by atoms with Crippen molar-refractivity contribution in [3.05, 3.63) is 41.6 Å². The third-order valence-electron chi connectivity index (χ3n) is 2.29. The molecule has 0 atom stereocenters. The van der Waals surface area contributed by atoms with Gasteiger partial charge in [0.05, 0.1) is 0 Å². The van der Waals surface area contributed by atoms with Gasteiger partial charge < -0.3 is 4.52 Å². The lowest BCUT2D eigenvalue weighted by Crippen LogP contribution is -1.94. The van der Waals surface area contributed by atoms with Crippen LogP contribution in [0.1, 0.15) is 11.3 Å². The Morgan fingerprint density at radius 1 is 1.35 bits per heavy atom. The maximum absolute atomic E-state index is 10.9. The largest absolute Gasteiger partial charge is 0.356 e. The molecule has 0 aliphatic carbocycles. The van der Waals surface area contributed by atoms with E-state index in [0.717, 1.165) is 11.1 Å². The van der Waals surface area contributed by atoms with Crippen molar-refractivity contribution in [2.24, 2.45) is 0 Å². The van der Waals surface area contributed by atoms with Crippen LogP contribution < -0.4 is 0 Å². The molecule has 0 spiro atoms. The fourth-order valence-corrected chi connectivity index (χ4v) is 2.36. The quantitative estimate of drug-likeness (QED) is 0.806. The number of hydrogen-bond acceptors (Lipinski definition) is 4. The molecule has 2 aromatic rings. The lowest BCUT2D eigenvalue weighted by molar-refractivity contribution is 0.425. The van der Waals surface area contributed by atoms with E-state index in [1.807, 2.05) is 31.2 Å². The molecule has 0 saturated heterocycles. The summed E-state index contributed by atoms with van der Waals surface area (Å²) < 4.78 is 26.9. The third-order valence-corrected chi connectivity index (χ3v) is 3.26. The predicted octanol–water partition coefficient (Wildman–Crippen LogP) is 2.72. The van der Waals surface area contributed by atoms with Crippen LogP contribution in [0.2, 0.25) is 0 Å². The molecule has 0 fully saturated rings. The smallest absolute Gasteiger partial charge is 0.238 e. The maximum Gasteiger partial charge on any atom is 0.238 e. The van der Waals surface area contributed by atoms with Gasteiger partial charge in [-0.2, -0.15) is 0 Å². The maximum atomic E-state index is 10.9. The van der Waals surface area contributed by atoms with Gasteiger partial charge in [0.1, 0.15) is 11.4 Å². The van der Waals surface area contributed by atoms with Crippen molar-refractivity contribution in [3.8, 4) is 11.3 Å². The number of nitrogens with zero attached hydrogens (tertiary/aromatic N) is 1. The summed E-state index contributed by atoms with van der Waals surface area (Å²) in [6.45, 7) is 1.94. The molecular formula is C11H10ClNO3S. The zero-order chi connectivity index (χ0) is 12.5. The summed E-state index contributed by atoms with van der Waals surface area (Å²) in [4.78, 5) is 0. The molecule has 0 saturated carbocycles. The summed E-state index contributed by atoms with van der Waals surface area (Å²) >= 11 is 0. The highest BCUT2D eigenvalue weighted by atomic mass is 35.7. The van der Waals surface area contributed by atoms with E-state index >= 15 is 0 Å². The van der Waals surface area contributed by atoms with Gasteiger partial charge >= 0.3 is 0 Å². The number of aryl methyl sites for hydroxylation is 1. The summed E-state index contributed by atoms with van der Waals surface area (Å²) in [5, 5.41) is 3.68. The lowest BCUT2D eigenvalue weighted by atomic mass is 10.1. The van der Waals surface area contributed by atoms with Gasteiger partial charge in [-0.25, -0.2) is 8.42 Å². The zero-order valence-electron chi connectivity index (χ0n) is 9.05. The highest BCUT2D eigenvalue weighted by molar-refractivity contribution is 8.13. The summed E-state index contributed by atoms with van der Waals surface area (Å²) in [6.07, 6.45) is 0. The van der Waals surface area contributed by atoms with Crippen LogP contribution in [0.25, 0.3) is 11.3 Å². The van der Waals surface area contributed by atoms with Crippen LogP contribution in [0.3, 0.4) is 0 Å². The highest BCUT2D eigenvalue weighted by Gasteiger charge is 2.13. The fourth-order valence-electron chi connectivity index (χ4n) is 1.53. The molecule has 0 radical (unpaired) electrons.